The number of piperidine rings is 1. The van der Waals surface area contributed by atoms with E-state index in [0.717, 1.165) is 24.1 Å². The number of benzene rings is 1. The van der Waals surface area contributed by atoms with Gasteiger partial charge in [-0.1, -0.05) is 0 Å². The van der Waals surface area contributed by atoms with E-state index >= 15 is 0 Å². The van der Waals surface area contributed by atoms with Crippen molar-refractivity contribution in [3.8, 4) is 0 Å². The second-order valence-corrected chi connectivity index (χ2v) is 5.89. The summed E-state index contributed by atoms with van der Waals surface area (Å²) in [7, 11) is 1.52. The minimum Gasteiger partial charge on any atom is -0.397 e. The van der Waals surface area contributed by atoms with Crippen molar-refractivity contribution < 1.29 is 13.9 Å². The van der Waals surface area contributed by atoms with Crippen LogP contribution in [-0.2, 0) is 9.53 Å². The Hall–Kier alpha value is -2.21. The van der Waals surface area contributed by atoms with E-state index in [9.17, 15) is 9.18 Å². The summed E-state index contributed by atoms with van der Waals surface area (Å²) in [5.74, 6) is -0.0617. The van der Waals surface area contributed by atoms with Crippen LogP contribution >= 0.6 is 0 Å². The number of aromatic nitrogens is 1. The van der Waals surface area contributed by atoms with E-state index in [1.165, 1.54) is 19.2 Å². The highest BCUT2D eigenvalue weighted by molar-refractivity contribution is 5.82. The predicted molar refractivity (Wildman–Crippen MR) is 86.5 cm³/mol. The number of methoxy groups -OCH3 is 1. The molecule has 0 radical (unpaired) electrons. The summed E-state index contributed by atoms with van der Waals surface area (Å²) in [5, 5.41) is 0.707. The summed E-state index contributed by atoms with van der Waals surface area (Å²) in [6.07, 6.45) is 1.64. The van der Waals surface area contributed by atoms with Crippen molar-refractivity contribution in [2.45, 2.75) is 18.8 Å². The molecular weight excluding hydrogens is 297 g/mol. The van der Waals surface area contributed by atoms with Gasteiger partial charge in [0.05, 0.1) is 16.9 Å². The lowest BCUT2D eigenvalue weighted by Crippen LogP contribution is -2.40. The highest BCUT2D eigenvalue weighted by Gasteiger charge is 2.26. The third-order valence-corrected chi connectivity index (χ3v) is 4.34. The van der Waals surface area contributed by atoms with Gasteiger partial charge in [0.25, 0.3) is 0 Å². The van der Waals surface area contributed by atoms with Crippen molar-refractivity contribution in [1.82, 2.24) is 9.88 Å². The van der Waals surface area contributed by atoms with Crippen molar-refractivity contribution in [2.24, 2.45) is 0 Å². The lowest BCUT2D eigenvalue weighted by molar-refractivity contribution is -0.136. The molecule has 5 nitrogen and oxygen atoms in total. The number of fused-ring (bicyclic) bond motifs is 1. The molecule has 2 N–H and O–H groups in total. The molecule has 1 aliphatic rings. The number of rotatable bonds is 3. The Morgan fingerprint density at radius 2 is 2.13 bits per heavy atom. The third-order valence-electron chi connectivity index (χ3n) is 4.34. The molecule has 2 aromatic rings. The first-order valence-corrected chi connectivity index (χ1v) is 7.71. The number of halogens is 1. The number of likely N-dealkylation sites (tertiary alicyclic amines) is 1. The molecule has 1 saturated heterocycles. The fourth-order valence-electron chi connectivity index (χ4n) is 3.12. The first-order valence-electron chi connectivity index (χ1n) is 7.71. The van der Waals surface area contributed by atoms with Gasteiger partial charge in [-0.2, -0.15) is 0 Å². The molecule has 1 aromatic heterocycles. The van der Waals surface area contributed by atoms with E-state index in [0.29, 0.717) is 24.2 Å². The van der Waals surface area contributed by atoms with E-state index in [2.05, 4.69) is 4.98 Å². The van der Waals surface area contributed by atoms with Gasteiger partial charge in [-0.05, 0) is 37.1 Å². The molecule has 1 aromatic carbocycles. The monoisotopic (exact) mass is 317 g/mol. The van der Waals surface area contributed by atoms with Crippen LogP contribution in [0.15, 0.2) is 24.3 Å². The Bertz CT molecular complexity index is 727. The van der Waals surface area contributed by atoms with Crippen LogP contribution in [0.1, 0.15) is 24.5 Å². The Labute approximate surface area is 134 Å². The van der Waals surface area contributed by atoms with Gasteiger partial charge in [-0.15, -0.1) is 0 Å². The lowest BCUT2D eigenvalue weighted by atomic mass is 9.91. The van der Waals surface area contributed by atoms with Crippen LogP contribution in [0.2, 0.25) is 0 Å². The van der Waals surface area contributed by atoms with E-state index in [1.54, 1.807) is 12.1 Å². The topological polar surface area (TPSA) is 68.5 Å². The zero-order valence-corrected chi connectivity index (χ0v) is 13.1. The van der Waals surface area contributed by atoms with Gasteiger partial charge in [-0.3, -0.25) is 9.78 Å². The normalized spacial score (nSPS) is 16.0. The molecule has 2 heterocycles. The Morgan fingerprint density at radius 3 is 2.83 bits per heavy atom. The molecule has 0 bridgehead atoms. The molecule has 0 aliphatic carbocycles. The van der Waals surface area contributed by atoms with Gasteiger partial charge < -0.3 is 15.4 Å². The van der Waals surface area contributed by atoms with Gasteiger partial charge in [0.2, 0.25) is 5.91 Å². The van der Waals surface area contributed by atoms with Crippen molar-refractivity contribution in [3.63, 3.8) is 0 Å². The molecule has 6 heteroatoms. The van der Waals surface area contributed by atoms with Crippen LogP contribution in [0, 0.1) is 5.82 Å². The number of nitrogens with zero attached hydrogens (tertiary/aromatic N) is 2. The largest absolute Gasteiger partial charge is 0.397 e. The van der Waals surface area contributed by atoms with Crippen LogP contribution in [-0.4, -0.2) is 42.6 Å². The van der Waals surface area contributed by atoms with Crippen molar-refractivity contribution >= 4 is 22.5 Å². The molecule has 23 heavy (non-hydrogen) atoms. The maximum Gasteiger partial charge on any atom is 0.248 e. The second kappa shape index (κ2) is 6.50. The molecule has 0 spiro atoms. The smallest absolute Gasteiger partial charge is 0.248 e. The number of anilines is 1. The number of amides is 1. The number of carbonyl (C=O) groups excluding carboxylic acids is 1. The number of carbonyl (C=O) groups is 1. The van der Waals surface area contributed by atoms with E-state index in [1.807, 2.05) is 4.90 Å². The highest BCUT2D eigenvalue weighted by Crippen LogP contribution is 2.32. The zero-order chi connectivity index (χ0) is 16.4. The molecular formula is C17H20FN3O2. The van der Waals surface area contributed by atoms with Crippen molar-refractivity contribution in [2.75, 3.05) is 32.5 Å². The maximum atomic E-state index is 13.3. The number of hydrogen-bond acceptors (Lipinski definition) is 4. The molecule has 0 saturated carbocycles. The fourth-order valence-corrected chi connectivity index (χ4v) is 3.12. The molecule has 0 atom stereocenters. The zero-order valence-electron chi connectivity index (χ0n) is 13.1. The minimum absolute atomic E-state index is 0.0147. The lowest BCUT2D eigenvalue weighted by Gasteiger charge is -2.32. The Kier molecular flexibility index (Phi) is 4.43. The van der Waals surface area contributed by atoms with Crippen LogP contribution < -0.4 is 5.73 Å². The number of pyridine rings is 1. The van der Waals surface area contributed by atoms with Crippen LogP contribution in [0.3, 0.4) is 0 Å². The summed E-state index contributed by atoms with van der Waals surface area (Å²) in [6, 6.07) is 6.30. The van der Waals surface area contributed by atoms with Gasteiger partial charge in [0.1, 0.15) is 12.4 Å². The molecule has 122 valence electrons. The molecule has 1 fully saturated rings. The van der Waals surface area contributed by atoms with Gasteiger partial charge in [-0.25, -0.2) is 4.39 Å². The molecule has 3 rings (SSSR count). The average molecular weight is 317 g/mol. The Morgan fingerprint density at radius 1 is 1.39 bits per heavy atom. The molecule has 1 aliphatic heterocycles. The first kappa shape index (κ1) is 15.7. The van der Waals surface area contributed by atoms with Crippen molar-refractivity contribution in [3.05, 3.63) is 35.8 Å². The Balaban J connectivity index is 1.78. The second-order valence-electron chi connectivity index (χ2n) is 5.89. The highest BCUT2D eigenvalue weighted by atomic mass is 19.1. The van der Waals surface area contributed by atoms with Crippen LogP contribution in [0.4, 0.5) is 10.1 Å². The number of nitrogen functional groups attached to an aromatic ring is 1. The predicted octanol–water partition coefficient (Wildman–Crippen LogP) is 2.31. The quantitative estimate of drug-likeness (QED) is 0.943. The standard InChI is InChI=1S/C17H20FN3O2/c1-23-10-16(22)21-6-4-11(5-7-21)17-14(19)9-12-8-13(18)2-3-15(12)20-17/h2-3,8-9,11H,4-7,10,19H2,1H3. The molecule has 1 amide bonds. The SMILES string of the molecule is COCC(=O)N1CCC(c2nc3ccc(F)cc3cc2N)CC1. The summed E-state index contributed by atoms with van der Waals surface area (Å²) in [5.41, 5.74) is 8.31. The first-order chi connectivity index (χ1) is 11.1. The van der Waals surface area contributed by atoms with Crippen molar-refractivity contribution in [1.29, 1.82) is 0 Å². The van der Waals surface area contributed by atoms with Crippen LogP contribution in [0.25, 0.3) is 10.9 Å². The van der Waals surface area contributed by atoms with E-state index in [4.69, 9.17) is 10.5 Å². The van der Waals surface area contributed by atoms with Crippen LogP contribution in [0.5, 0.6) is 0 Å². The number of nitrogens with two attached hydrogens (primary N) is 1. The maximum absolute atomic E-state index is 13.3. The summed E-state index contributed by atoms with van der Waals surface area (Å²) >= 11 is 0. The number of hydrogen-bond donors (Lipinski definition) is 1. The average Bonchev–Trinajstić information content (AvgIpc) is 2.54. The minimum atomic E-state index is -0.295. The fraction of sp³-hybridized carbons (Fsp3) is 0.412. The summed E-state index contributed by atoms with van der Waals surface area (Å²) in [4.78, 5) is 18.3. The summed E-state index contributed by atoms with van der Waals surface area (Å²) < 4.78 is 18.2. The summed E-state index contributed by atoms with van der Waals surface area (Å²) in [6.45, 7) is 1.47. The third kappa shape index (κ3) is 3.27. The van der Waals surface area contributed by atoms with E-state index < -0.39 is 0 Å². The van der Waals surface area contributed by atoms with Gasteiger partial charge in [0, 0.05) is 31.5 Å². The molecule has 0 unspecified atom stereocenters. The van der Waals surface area contributed by atoms with Gasteiger partial charge in [0.15, 0.2) is 0 Å². The van der Waals surface area contributed by atoms with Gasteiger partial charge >= 0.3 is 0 Å². The van der Waals surface area contributed by atoms with E-state index in [-0.39, 0.29) is 24.2 Å². The number of ether oxygens (including phenoxy) is 1.